The fourth-order valence-electron chi connectivity index (χ4n) is 3.41. The van der Waals surface area contributed by atoms with Gasteiger partial charge in [0.2, 0.25) is 5.91 Å². The van der Waals surface area contributed by atoms with E-state index in [1.165, 1.54) is 0 Å². The van der Waals surface area contributed by atoms with Crippen LogP contribution in [0.15, 0.2) is 84.9 Å². The Morgan fingerprint density at radius 2 is 1.39 bits per heavy atom. The van der Waals surface area contributed by atoms with Gasteiger partial charge in [0.1, 0.15) is 0 Å². The average molecular weight is 416 g/mol. The highest BCUT2D eigenvalue weighted by Gasteiger charge is 2.13. The van der Waals surface area contributed by atoms with E-state index in [-0.39, 0.29) is 30.4 Å². The number of rotatable bonds is 9. The van der Waals surface area contributed by atoms with Crippen molar-refractivity contribution in [3.05, 3.63) is 102 Å². The third-order valence-electron chi connectivity index (χ3n) is 5.20. The number of hydrogen-bond donors (Lipinski definition) is 3. The van der Waals surface area contributed by atoms with Gasteiger partial charge < -0.3 is 16.0 Å². The molecule has 5 nitrogen and oxygen atoms in total. The Morgan fingerprint density at radius 3 is 1.97 bits per heavy atom. The quantitative estimate of drug-likeness (QED) is 0.468. The molecule has 3 N–H and O–H groups in total. The van der Waals surface area contributed by atoms with E-state index in [9.17, 15) is 9.59 Å². The molecule has 0 aromatic heterocycles. The van der Waals surface area contributed by atoms with Crippen molar-refractivity contribution in [1.82, 2.24) is 10.6 Å². The van der Waals surface area contributed by atoms with Gasteiger partial charge in [-0.15, -0.1) is 0 Å². The smallest absolute Gasteiger partial charge is 0.251 e. The molecule has 0 saturated carbocycles. The van der Waals surface area contributed by atoms with Crippen molar-refractivity contribution in [3.8, 4) is 0 Å². The summed E-state index contributed by atoms with van der Waals surface area (Å²) in [5.74, 6) is -0.270. The van der Waals surface area contributed by atoms with Crippen LogP contribution in [0.5, 0.6) is 0 Å². The predicted octanol–water partition coefficient (Wildman–Crippen LogP) is 4.86. The highest BCUT2D eigenvalue weighted by atomic mass is 16.2. The largest absolute Gasteiger partial charge is 0.346 e. The molecule has 3 aromatic rings. The highest BCUT2D eigenvalue weighted by molar-refractivity contribution is 5.96. The van der Waals surface area contributed by atoms with E-state index in [1.807, 2.05) is 55.5 Å². The third kappa shape index (κ3) is 6.52. The van der Waals surface area contributed by atoms with Crippen LogP contribution in [0.4, 0.5) is 5.69 Å². The van der Waals surface area contributed by atoms with Crippen LogP contribution in [0.2, 0.25) is 0 Å². The van der Waals surface area contributed by atoms with Gasteiger partial charge in [0.25, 0.3) is 5.91 Å². The molecule has 31 heavy (non-hydrogen) atoms. The Labute approximate surface area is 183 Å². The van der Waals surface area contributed by atoms with E-state index >= 15 is 0 Å². The average Bonchev–Trinajstić information content (AvgIpc) is 2.81. The molecule has 2 atom stereocenters. The molecule has 0 spiro atoms. The van der Waals surface area contributed by atoms with Crippen molar-refractivity contribution in [2.45, 2.75) is 32.4 Å². The summed E-state index contributed by atoms with van der Waals surface area (Å²) in [6.45, 7) is 4.25. The molecule has 0 aliphatic carbocycles. The monoisotopic (exact) mass is 415 g/mol. The molecule has 160 valence electrons. The van der Waals surface area contributed by atoms with E-state index in [0.29, 0.717) is 11.3 Å². The van der Waals surface area contributed by atoms with Crippen LogP contribution in [0.3, 0.4) is 0 Å². The van der Waals surface area contributed by atoms with Crippen LogP contribution >= 0.6 is 0 Å². The van der Waals surface area contributed by atoms with Crippen LogP contribution in [0, 0.1) is 0 Å². The van der Waals surface area contributed by atoms with E-state index in [4.69, 9.17) is 0 Å². The van der Waals surface area contributed by atoms with Crippen molar-refractivity contribution in [2.24, 2.45) is 0 Å². The van der Waals surface area contributed by atoms with E-state index in [0.717, 1.165) is 17.5 Å². The van der Waals surface area contributed by atoms with Crippen LogP contribution in [0.25, 0.3) is 0 Å². The molecule has 3 aromatic carbocycles. The summed E-state index contributed by atoms with van der Waals surface area (Å²) in [7, 11) is 0. The lowest BCUT2D eigenvalue weighted by Crippen LogP contribution is -2.31. The van der Waals surface area contributed by atoms with Crippen LogP contribution in [-0.2, 0) is 4.79 Å². The molecular weight excluding hydrogens is 386 g/mol. The van der Waals surface area contributed by atoms with Crippen molar-refractivity contribution < 1.29 is 9.59 Å². The number of carbonyl (C=O) groups excluding carboxylic acids is 2. The summed E-state index contributed by atoms with van der Waals surface area (Å²) < 4.78 is 0. The lowest BCUT2D eigenvalue weighted by Gasteiger charge is -2.17. The number of amides is 2. The first-order valence-electron chi connectivity index (χ1n) is 10.6. The van der Waals surface area contributed by atoms with Gasteiger partial charge in [0.05, 0.1) is 12.6 Å². The number of nitrogens with one attached hydrogen (secondary N) is 3. The lowest BCUT2D eigenvalue weighted by atomic mass is 10.0. The van der Waals surface area contributed by atoms with E-state index in [2.05, 4.69) is 35.0 Å². The number of carbonyl (C=O) groups is 2. The van der Waals surface area contributed by atoms with Crippen LogP contribution < -0.4 is 16.0 Å². The molecule has 3 rings (SSSR count). The number of benzene rings is 3. The van der Waals surface area contributed by atoms with Gasteiger partial charge >= 0.3 is 0 Å². The second-order valence-corrected chi connectivity index (χ2v) is 7.48. The van der Waals surface area contributed by atoms with E-state index < -0.39 is 0 Å². The molecule has 0 fully saturated rings. The maximum atomic E-state index is 12.5. The molecular formula is C26H29N3O2. The van der Waals surface area contributed by atoms with Gasteiger partial charge in [0, 0.05) is 17.3 Å². The van der Waals surface area contributed by atoms with Gasteiger partial charge in [-0.2, -0.15) is 0 Å². The first kappa shape index (κ1) is 22.2. The maximum Gasteiger partial charge on any atom is 0.251 e. The second-order valence-electron chi connectivity index (χ2n) is 7.48. The predicted molar refractivity (Wildman–Crippen MR) is 125 cm³/mol. The summed E-state index contributed by atoms with van der Waals surface area (Å²) in [4.78, 5) is 24.8. The normalized spacial score (nSPS) is 12.6. The number of hydrogen-bond acceptors (Lipinski definition) is 3. The molecule has 0 heterocycles. The Balaban J connectivity index is 1.50. The third-order valence-corrected chi connectivity index (χ3v) is 5.20. The number of anilines is 1. The summed E-state index contributed by atoms with van der Waals surface area (Å²) in [5, 5.41) is 9.16. The van der Waals surface area contributed by atoms with Crippen molar-refractivity contribution in [3.63, 3.8) is 0 Å². The zero-order valence-electron chi connectivity index (χ0n) is 18.0. The van der Waals surface area contributed by atoms with Gasteiger partial charge in [-0.1, -0.05) is 67.6 Å². The lowest BCUT2D eigenvalue weighted by molar-refractivity contribution is -0.115. The Bertz CT molecular complexity index is 973. The van der Waals surface area contributed by atoms with Crippen molar-refractivity contribution in [2.75, 3.05) is 11.9 Å². The minimum atomic E-state index is -0.149. The van der Waals surface area contributed by atoms with Crippen molar-refractivity contribution >= 4 is 17.5 Å². The molecule has 0 saturated heterocycles. The van der Waals surface area contributed by atoms with E-state index in [1.54, 1.807) is 24.3 Å². The molecule has 0 aliphatic rings. The molecule has 5 heteroatoms. The van der Waals surface area contributed by atoms with Crippen LogP contribution in [-0.4, -0.2) is 18.4 Å². The minimum absolute atomic E-state index is 0.0877. The van der Waals surface area contributed by atoms with Gasteiger partial charge in [-0.3, -0.25) is 9.59 Å². The first-order valence-corrected chi connectivity index (χ1v) is 10.6. The molecule has 2 amide bonds. The summed E-state index contributed by atoms with van der Waals surface area (Å²) in [5.41, 5.74) is 3.42. The summed E-state index contributed by atoms with van der Waals surface area (Å²) in [6.07, 6.45) is 0.891. The maximum absolute atomic E-state index is 12.5. The summed E-state index contributed by atoms with van der Waals surface area (Å²) >= 11 is 0. The first-order chi connectivity index (χ1) is 15.1. The molecule has 2 unspecified atom stereocenters. The Hall–Kier alpha value is -3.44. The Kier molecular flexibility index (Phi) is 7.96. The van der Waals surface area contributed by atoms with Crippen LogP contribution in [0.1, 0.15) is 53.8 Å². The SMILES string of the molecule is CCC(NCC(=O)Nc1ccc(C(=O)NC(C)c2ccccc2)cc1)c1ccccc1. The summed E-state index contributed by atoms with van der Waals surface area (Å²) in [6, 6.07) is 26.9. The van der Waals surface area contributed by atoms with Crippen molar-refractivity contribution in [1.29, 1.82) is 0 Å². The minimum Gasteiger partial charge on any atom is -0.346 e. The molecule has 0 radical (unpaired) electrons. The van der Waals surface area contributed by atoms with Gasteiger partial charge in [-0.25, -0.2) is 0 Å². The topological polar surface area (TPSA) is 70.2 Å². The highest BCUT2D eigenvalue weighted by Crippen LogP contribution is 2.16. The molecule has 0 aliphatic heterocycles. The Morgan fingerprint density at radius 1 is 0.806 bits per heavy atom. The fourth-order valence-corrected chi connectivity index (χ4v) is 3.41. The fraction of sp³-hybridized carbons (Fsp3) is 0.231. The standard InChI is InChI=1S/C26H29N3O2/c1-3-24(21-12-8-5-9-13-21)27-18-25(30)29-23-16-14-22(15-17-23)26(31)28-19(2)20-10-6-4-7-11-20/h4-17,19,24,27H,3,18H2,1-2H3,(H,28,31)(H,29,30). The molecule has 0 bridgehead atoms. The second kappa shape index (κ2) is 11.1. The van der Waals surface area contributed by atoms with Gasteiger partial charge in [0.15, 0.2) is 0 Å². The zero-order valence-corrected chi connectivity index (χ0v) is 18.0. The van der Waals surface area contributed by atoms with Gasteiger partial charge in [-0.05, 0) is 48.7 Å². The zero-order chi connectivity index (χ0) is 22.1.